The van der Waals surface area contributed by atoms with Gasteiger partial charge in [0.25, 0.3) is 0 Å². The molecule has 1 atom stereocenters. The van der Waals surface area contributed by atoms with Gasteiger partial charge in [-0.25, -0.2) is 9.59 Å². The molecular formula is C20H22N2O4. The van der Waals surface area contributed by atoms with Crippen molar-refractivity contribution in [2.45, 2.75) is 33.8 Å². The zero-order valence-electron chi connectivity index (χ0n) is 15.3. The van der Waals surface area contributed by atoms with E-state index in [1.54, 1.807) is 6.92 Å². The number of rotatable bonds is 5. The van der Waals surface area contributed by atoms with E-state index in [0.29, 0.717) is 11.3 Å². The quantitative estimate of drug-likeness (QED) is 0.634. The van der Waals surface area contributed by atoms with Crippen LogP contribution in [0.25, 0.3) is 0 Å². The molecule has 2 rings (SSSR count). The molecule has 0 fully saturated rings. The van der Waals surface area contributed by atoms with Gasteiger partial charge in [0, 0.05) is 11.3 Å². The van der Waals surface area contributed by atoms with E-state index in [4.69, 9.17) is 10.5 Å². The van der Waals surface area contributed by atoms with Crippen molar-refractivity contribution in [3.8, 4) is 0 Å². The SMILES string of the molecule is Cc1cc(C)c(C(=O)C(C)OC(=O)c2ccc(NC(N)=O)cc2)cc1C. The summed E-state index contributed by atoms with van der Waals surface area (Å²) in [6.07, 6.45) is -0.910. The highest BCUT2D eigenvalue weighted by Gasteiger charge is 2.22. The molecule has 1 unspecified atom stereocenters. The van der Waals surface area contributed by atoms with Crippen molar-refractivity contribution in [1.29, 1.82) is 0 Å². The third-order valence-corrected chi connectivity index (χ3v) is 4.15. The van der Waals surface area contributed by atoms with Crippen LogP contribution in [-0.2, 0) is 4.74 Å². The second kappa shape index (κ2) is 7.82. The fourth-order valence-corrected chi connectivity index (χ4v) is 2.56. The van der Waals surface area contributed by atoms with Crippen molar-refractivity contribution in [2.75, 3.05) is 5.32 Å². The molecule has 0 spiro atoms. The van der Waals surface area contributed by atoms with Crippen LogP contribution in [0.4, 0.5) is 10.5 Å². The fraction of sp³-hybridized carbons (Fsp3) is 0.250. The topological polar surface area (TPSA) is 98.5 Å². The molecule has 0 radical (unpaired) electrons. The number of Topliss-reactive ketones (excluding diaryl/α,β-unsaturated/α-hetero) is 1. The van der Waals surface area contributed by atoms with E-state index in [2.05, 4.69) is 5.32 Å². The second-order valence-electron chi connectivity index (χ2n) is 6.23. The lowest BCUT2D eigenvalue weighted by molar-refractivity contribution is 0.0318. The van der Waals surface area contributed by atoms with Crippen LogP contribution in [0, 0.1) is 20.8 Å². The first-order valence-corrected chi connectivity index (χ1v) is 8.18. The van der Waals surface area contributed by atoms with E-state index in [1.807, 2.05) is 32.9 Å². The summed E-state index contributed by atoms with van der Waals surface area (Å²) in [7, 11) is 0. The van der Waals surface area contributed by atoms with Crippen molar-refractivity contribution >= 4 is 23.5 Å². The Morgan fingerprint density at radius 3 is 2.12 bits per heavy atom. The smallest absolute Gasteiger partial charge is 0.338 e. The van der Waals surface area contributed by atoms with Crippen LogP contribution in [0.15, 0.2) is 36.4 Å². The molecule has 0 aliphatic carbocycles. The van der Waals surface area contributed by atoms with E-state index in [9.17, 15) is 14.4 Å². The maximum absolute atomic E-state index is 12.6. The number of carbonyl (C=O) groups excluding carboxylic acids is 3. The van der Waals surface area contributed by atoms with Crippen molar-refractivity contribution in [3.63, 3.8) is 0 Å². The number of ether oxygens (including phenoxy) is 1. The summed E-state index contributed by atoms with van der Waals surface area (Å²) in [6.45, 7) is 7.33. The Balaban J connectivity index is 2.10. The monoisotopic (exact) mass is 354 g/mol. The number of aryl methyl sites for hydroxylation is 3. The largest absolute Gasteiger partial charge is 0.451 e. The summed E-state index contributed by atoms with van der Waals surface area (Å²) in [5, 5.41) is 2.40. The molecule has 2 aromatic rings. The molecule has 0 bridgehead atoms. The van der Waals surface area contributed by atoms with Crippen LogP contribution in [0.2, 0.25) is 0 Å². The number of hydrogen-bond donors (Lipinski definition) is 2. The molecule has 2 amide bonds. The molecular weight excluding hydrogens is 332 g/mol. The van der Waals surface area contributed by atoms with Gasteiger partial charge in [0.1, 0.15) is 0 Å². The zero-order chi connectivity index (χ0) is 19.4. The number of nitrogens with two attached hydrogens (primary N) is 1. The van der Waals surface area contributed by atoms with Gasteiger partial charge in [0.05, 0.1) is 5.56 Å². The minimum atomic E-state index is -0.910. The molecule has 3 N–H and O–H groups in total. The summed E-state index contributed by atoms with van der Waals surface area (Å²) >= 11 is 0. The number of amides is 2. The summed E-state index contributed by atoms with van der Waals surface area (Å²) < 4.78 is 5.30. The summed E-state index contributed by atoms with van der Waals surface area (Å²) in [4.78, 5) is 35.7. The number of ketones is 1. The number of urea groups is 1. The van der Waals surface area contributed by atoms with Gasteiger partial charge in [0.2, 0.25) is 5.78 Å². The normalized spacial score (nSPS) is 11.5. The molecule has 26 heavy (non-hydrogen) atoms. The Kier molecular flexibility index (Phi) is 5.77. The van der Waals surface area contributed by atoms with Gasteiger partial charge in [0.15, 0.2) is 6.10 Å². The van der Waals surface area contributed by atoms with Gasteiger partial charge in [-0.2, -0.15) is 0 Å². The van der Waals surface area contributed by atoms with E-state index in [-0.39, 0.29) is 11.3 Å². The number of esters is 1. The number of anilines is 1. The van der Waals surface area contributed by atoms with Crippen molar-refractivity contribution in [2.24, 2.45) is 5.73 Å². The number of hydrogen-bond acceptors (Lipinski definition) is 4. The lowest BCUT2D eigenvalue weighted by Gasteiger charge is -2.15. The Morgan fingerprint density at radius 2 is 1.54 bits per heavy atom. The Morgan fingerprint density at radius 1 is 0.962 bits per heavy atom. The molecule has 6 nitrogen and oxygen atoms in total. The lowest BCUT2D eigenvalue weighted by atomic mass is 9.96. The average molecular weight is 354 g/mol. The molecule has 2 aromatic carbocycles. The molecule has 0 saturated carbocycles. The number of carbonyl (C=O) groups is 3. The van der Waals surface area contributed by atoms with E-state index >= 15 is 0 Å². The van der Waals surface area contributed by atoms with Crippen molar-refractivity contribution < 1.29 is 19.1 Å². The third-order valence-electron chi connectivity index (χ3n) is 4.15. The third kappa shape index (κ3) is 4.47. The Bertz CT molecular complexity index is 857. The van der Waals surface area contributed by atoms with Crippen LogP contribution >= 0.6 is 0 Å². The van der Waals surface area contributed by atoms with Crippen molar-refractivity contribution in [3.05, 3.63) is 64.2 Å². The van der Waals surface area contributed by atoms with Gasteiger partial charge in [-0.1, -0.05) is 6.07 Å². The van der Waals surface area contributed by atoms with Gasteiger partial charge >= 0.3 is 12.0 Å². The average Bonchev–Trinajstić information content (AvgIpc) is 2.57. The summed E-state index contributed by atoms with van der Waals surface area (Å²) in [6, 6.07) is 9.12. The first-order chi connectivity index (χ1) is 12.2. The first kappa shape index (κ1) is 19.2. The maximum Gasteiger partial charge on any atom is 0.338 e. The summed E-state index contributed by atoms with van der Waals surface area (Å²) in [5.41, 5.74) is 9.28. The molecule has 136 valence electrons. The summed E-state index contributed by atoms with van der Waals surface area (Å²) in [5.74, 6) is -0.857. The van der Waals surface area contributed by atoms with Crippen molar-refractivity contribution in [1.82, 2.24) is 0 Å². The molecule has 6 heteroatoms. The highest BCUT2D eigenvalue weighted by Crippen LogP contribution is 2.19. The highest BCUT2D eigenvalue weighted by atomic mass is 16.5. The minimum absolute atomic E-state index is 0.244. The Labute approximate surface area is 152 Å². The predicted molar refractivity (Wildman–Crippen MR) is 99.5 cm³/mol. The predicted octanol–water partition coefficient (Wildman–Crippen LogP) is 3.53. The lowest BCUT2D eigenvalue weighted by Crippen LogP contribution is -2.25. The standard InChI is InChI=1S/C20H22N2O4/c1-11-9-13(3)17(10-12(11)2)18(23)14(4)26-19(24)15-5-7-16(8-6-15)22-20(21)25/h5-10,14H,1-4H3,(H3,21,22,25). The number of nitrogens with one attached hydrogen (secondary N) is 1. The van der Waals surface area contributed by atoms with Gasteiger partial charge in [-0.3, -0.25) is 4.79 Å². The molecule has 0 heterocycles. The second-order valence-corrected chi connectivity index (χ2v) is 6.23. The van der Waals surface area contributed by atoms with Crippen LogP contribution < -0.4 is 11.1 Å². The molecule has 0 aromatic heterocycles. The minimum Gasteiger partial charge on any atom is -0.451 e. The molecule has 0 saturated heterocycles. The van der Waals surface area contributed by atoms with Gasteiger partial charge < -0.3 is 15.8 Å². The van der Waals surface area contributed by atoms with Gasteiger partial charge in [-0.05, 0) is 74.7 Å². The fourth-order valence-electron chi connectivity index (χ4n) is 2.56. The van der Waals surface area contributed by atoms with E-state index in [0.717, 1.165) is 16.7 Å². The van der Waals surface area contributed by atoms with Gasteiger partial charge in [-0.15, -0.1) is 0 Å². The van der Waals surface area contributed by atoms with E-state index in [1.165, 1.54) is 24.3 Å². The van der Waals surface area contributed by atoms with E-state index < -0.39 is 18.1 Å². The van der Waals surface area contributed by atoms with Crippen LogP contribution in [0.5, 0.6) is 0 Å². The molecule has 0 aliphatic heterocycles. The van der Waals surface area contributed by atoms with Crippen LogP contribution in [0.1, 0.15) is 44.3 Å². The Hall–Kier alpha value is -3.15. The van der Waals surface area contributed by atoms with Crippen LogP contribution in [0.3, 0.4) is 0 Å². The zero-order valence-corrected chi connectivity index (χ0v) is 15.3. The van der Waals surface area contributed by atoms with Crippen LogP contribution in [-0.4, -0.2) is 23.9 Å². The maximum atomic E-state index is 12.6. The molecule has 0 aliphatic rings. The first-order valence-electron chi connectivity index (χ1n) is 8.18. The highest BCUT2D eigenvalue weighted by molar-refractivity contribution is 6.02. The number of primary amides is 1. The number of benzene rings is 2.